The standard InChI is InChI=1S/C58H71F4N13O9S/c1-33-28-74(29-34(2)71(33)7)45-23-43(59)40(21-44(45)69-53(81)41-27-64-48(78)22-42(41)58(60,61)62)38-25-66-56(67-26-38)73-17-15-72(16-18-73)50(80)13-12-47(77)63-14-19-84-31-49(79)70-52(57(4,5)6)55(83)75-30-39(76)20-46(75)54(82)65-24-36-8-10-37(11-9-36)51-35(3)68-32-85-51/h8-11,21-23,25-27,32-34,39,46,52,76H,12-20,24,28-31H2,1-7H3,(H,63,77)(H,64,78)(H,65,82)(H,69,81)(H,70,79)/t33-,34+,39-,46+,52-/m1/s1. The van der Waals surface area contributed by atoms with Crippen LogP contribution in [0.3, 0.4) is 0 Å². The second-order valence-electron chi connectivity index (χ2n) is 22.7. The van der Waals surface area contributed by atoms with Gasteiger partial charge in [0, 0.05) is 126 Å². The van der Waals surface area contributed by atoms with E-state index in [-0.39, 0.29) is 105 Å². The summed E-state index contributed by atoms with van der Waals surface area (Å²) < 4.78 is 63.7. The van der Waals surface area contributed by atoms with E-state index in [0.29, 0.717) is 38.4 Å². The van der Waals surface area contributed by atoms with Gasteiger partial charge in [-0.3, -0.25) is 38.5 Å². The normalized spacial score (nSPS) is 18.9. The minimum absolute atomic E-state index is 0.00403. The Hall–Kier alpha value is -7.88. The predicted octanol–water partition coefficient (Wildman–Crippen LogP) is 4.57. The maximum Gasteiger partial charge on any atom is 0.417 e. The van der Waals surface area contributed by atoms with E-state index in [1.165, 1.54) is 29.4 Å². The molecular weight excluding hydrogens is 1130 g/mol. The molecule has 8 rings (SSSR count). The van der Waals surface area contributed by atoms with Gasteiger partial charge in [-0.05, 0) is 56.5 Å². The molecule has 6 heterocycles. The van der Waals surface area contributed by atoms with Gasteiger partial charge in [0.1, 0.15) is 24.5 Å². The van der Waals surface area contributed by atoms with Gasteiger partial charge in [0.2, 0.25) is 41.0 Å². The first-order valence-corrected chi connectivity index (χ1v) is 28.8. The highest BCUT2D eigenvalue weighted by Gasteiger charge is 2.45. The number of aromatic amines is 1. The number of nitrogens with zero attached hydrogens (tertiary/aromatic N) is 8. The number of β-amino-alcohol motifs (C(OH)–C–C–N with tert-alkyl or cyclic N) is 1. The Kier molecular flexibility index (Phi) is 20.1. The second kappa shape index (κ2) is 27.0. The number of aliphatic hydroxyl groups is 1. The van der Waals surface area contributed by atoms with Gasteiger partial charge in [-0.1, -0.05) is 45.0 Å². The number of rotatable bonds is 19. The first-order valence-electron chi connectivity index (χ1n) is 27.9. The smallest absolute Gasteiger partial charge is 0.391 e. The fourth-order valence-electron chi connectivity index (χ4n) is 10.5. The number of carbonyl (C=O) groups excluding carboxylic acids is 6. The predicted molar refractivity (Wildman–Crippen MR) is 310 cm³/mol. The number of benzene rings is 2. The Morgan fingerprint density at radius 2 is 1.55 bits per heavy atom. The van der Waals surface area contributed by atoms with E-state index >= 15 is 4.39 Å². The highest BCUT2D eigenvalue weighted by atomic mass is 32.1. The zero-order valence-corrected chi connectivity index (χ0v) is 49.2. The van der Waals surface area contributed by atoms with Gasteiger partial charge < -0.3 is 55.7 Å². The van der Waals surface area contributed by atoms with Crippen LogP contribution in [-0.2, 0) is 41.4 Å². The number of aliphatic hydroxyl groups excluding tert-OH is 1. The van der Waals surface area contributed by atoms with Gasteiger partial charge in [0.05, 0.1) is 51.3 Å². The zero-order valence-electron chi connectivity index (χ0n) is 48.3. The molecule has 0 bridgehead atoms. The molecule has 0 aliphatic carbocycles. The number of thiazole rings is 1. The van der Waals surface area contributed by atoms with Crippen molar-refractivity contribution in [1.29, 1.82) is 0 Å². The van der Waals surface area contributed by atoms with E-state index in [2.05, 4.69) is 46.1 Å². The van der Waals surface area contributed by atoms with Crippen LogP contribution in [0.25, 0.3) is 21.6 Å². The van der Waals surface area contributed by atoms with Crippen LogP contribution in [0.5, 0.6) is 0 Å². The van der Waals surface area contributed by atoms with Crippen molar-refractivity contribution >= 4 is 64.1 Å². The molecule has 3 aromatic heterocycles. The average molecular weight is 1200 g/mol. The third-order valence-electron chi connectivity index (χ3n) is 15.5. The number of alkyl halides is 3. The number of halogens is 4. The lowest BCUT2D eigenvalue weighted by Gasteiger charge is -2.44. The summed E-state index contributed by atoms with van der Waals surface area (Å²) in [6.07, 6.45) is -2.65. The molecule has 456 valence electrons. The maximum atomic E-state index is 16.2. The summed E-state index contributed by atoms with van der Waals surface area (Å²) in [4.78, 5) is 117. The van der Waals surface area contributed by atoms with E-state index in [9.17, 15) is 51.8 Å². The topological polar surface area (TPSA) is 268 Å². The van der Waals surface area contributed by atoms with Crippen molar-refractivity contribution in [2.24, 2.45) is 5.41 Å². The number of carbonyl (C=O) groups is 6. The van der Waals surface area contributed by atoms with E-state index in [1.807, 2.05) is 61.9 Å². The van der Waals surface area contributed by atoms with Gasteiger partial charge >= 0.3 is 6.18 Å². The molecule has 3 aliphatic heterocycles. The minimum Gasteiger partial charge on any atom is -0.391 e. The van der Waals surface area contributed by atoms with Gasteiger partial charge in [-0.15, -0.1) is 11.3 Å². The third-order valence-corrected chi connectivity index (χ3v) is 16.4. The quantitative estimate of drug-likeness (QED) is 0.0489. The van der Waals surface area contributed by atoms with Crippen LogP contribution < -0.4 is 36.6 Å². The van der Waals surface area contributed by atoms with Crippen LogP contribution in [0.2, 0.25) is 0 Å². The largest absolute Gasteiger partial charge is 0.417 e. The molecule has 3 aliphatic rings. The fraction of sp³-hybridized carbons (Fsp3) is 0.483. The van der Waals surface area contributed by atoms with Crippen LogP contribution in [0, 0.1) is 18.2 Å². The molecule has 0 unspecified atom stereocenters. The van der Waals surface area contributed by atoms with Gasteiger partial charge in [-0.25, -0.2) is 19.3 Å². The first-order chi connectivity index (χ1) is 40.2. The Balaban J connectivity index is 0.771. The van der Waals surface area contributed by atoms with Crippen molar-refractivity contribution in [1.82, 2.24) is 50.6 Å². The van der Waals surface area contributed by atoms with E-state index < -0.39 is 88.4 Å². The second-order valence-corrected chi connectivity index (χ2v) is 23.5. The third kappa shape index (κ3) is 15.7. The number of hydrogen-bond donors (Lipinski definition) is 6. The molecule has 6 N–H and O–H groups in total. The monoisotopic (exact) mass is 1200 g/mol. The number of amides is 6. The molecule has 2 aromatic carbocycles. The molecule has 27 heteroatoms. The highest BCUT2D eigenvalue weighted by Crippen LogP contribution is 2.38. The molecular formula is C58H71F4N13O9S. The Morgan fingerprint density at radius 3 is 2.19 bits per heavy atom. The highest BCUT2D eigenvalue weighted by molar-refractivity contribution is 7.13. The summed E-state index contributed by atoms with van der Waals surface area (Å²) >= 11 is 1.54. The van der Waals surface area contributed by atoms with Crippen molar-refractivity contribution in [3.63, 3.8) is 0 Å². The summed E-state index contributed by atoms with van der Waals surface area (Å²) in [5, 5.41) is 21.4. The molecule has 0 spiro atoms. The Bertz CT molecular complexity index is 3280. The average Bonchev–Trinajstić information content (AvgIpc) is 4.18. The molecule has 85 heavy (non-hydrogen) atoms. The zero-order chi connectivity index (χ0) is 61.5. The summed E-state index contributed by atoms with van der Waals surface area (Å²) in [6, 6.07) is 8.55. The fourth-order valence-corrected chi connectivity index (χ4v) is 11.3. The molecule has 22 nitrogen and oxygen atoms in total. The number of piperazine rings is 2. The molecule has 5 atom stereocenters. The van der Waals surface area contributed by atoms with Crippen LogP contribution in [0.15, 0.2) is 71.4 Å². The number of anilines is 3. The number of pyridine rings is 1. The number of ether oxygens (including phenoxy) is 1. The van der Waals surface area contributed by atoms with Crippen LogP contribution in [0.1, 0.15) is 81.1 Å². The summed E-state index contributed by atoms with van der Waals surface area (Å²) in [5.41, 5.74) is 0.929. The number of aryl methyl sites for hydroxylation is 1. The lowest BCUT2D eigenvalue weighted by molar-refractivity contribution is -0.144. The van der Waals surface area contributed by atoms with Crippen molar-refractivity contribution in [3.05, 3.63) is 105 Å². The molecule has 5 aromatic rings. The molecule has 3 saturated heterocycles. The maximum absolute atomic E-state index is 16.2. The van der Waals surface area contributed by atoms with Gasteiger partial charge in [-0.2, -0.15) is 13.2 Å². The minimum atomic E-state index is -5.02. The summed E-state index contributed by atoms with van der Waals surface area (Å²) in [7, 11) is 1.95. The molecule has 3 fully saturated rings. The van der Waals surface area contributed by atoms with Gasteiger partial charge in [0.25, 0.3) is 5.91 Å². The number of likely N-dealkylation sites (tertiary alicyclic amines) is 1. The van der Waals surface area contributed by atoms with Crippen LogP contribution in [-0.4, -0.2) is 178 Å². The van der Waals surface area contributed by atoms with Crippen molar-refractivity contribution in [2.75, 3.05) is 87.7 Å². The summed E-state index contributed by atoms with van der Waals surface area (Å²) in [6.45, 7) is 13.0. The Morgan fingerprint density at radius 1 is 0.871 bits per heavy atom. The van der Waals surface area contributed by atoms with E-state index in [0.717, 1.165) is 21.7 Å². The lowest BCUT2D eigenvalue weighted by Crippen LogP contribution is -2.58. The number of aromatic nitrogens is 4. The molecule has 0 radical (unpaired) electrons. The number of hydrogen-bond acceptors (Lipinski definition) is 16. The lowest BCUT2D eigenvalue weighted by atomic mass is 9.85. The summed E-state index contributed by atoms with van der Waals surface area (Å²) in [5.74, 6) is -3.80. The van der Waals surface area contributed by atoms with E-state index in [1.54, 1.807) is 42.5 Å². The molecule has 0 saturated carbocycles. The number of H-pyrrole nitrogens is 1. The SMILES string of the molecule is Cc1ncsc1-c1ccc(CNC(=O)[C@@H]2C[C@@H](O)CN2C(=O)[C@@H](NC(=O)COCCNC(=O)CCC(=O)N2CCN(c3ncc(-c4cc(NC(=O)c5c[nH]c(=O)cc5C(F)(F)F)c(N5C[C@@H](C)N(C)[C@@H](C)C5)cc4F)cn3)CC2)C(C)(C)C)cc1. The molecule has 6 amide bonds. The first kappa shape index (κ1) is 63.1. The van der Waals surface area contributed by atoms with Gasteiger partial charge in [0.15, 0.2) is 0 Å². The van der Waals surface area contributed by atoms with Crippen molar-refractivity contribution in [3.8, 4) is 21.6 Å². The number of likely N-dealkylation sites (N-methyl/N-ethyl adjacent to an activating group) is 1. The van der Waals surface area contributed by atoms with Crippen LogP contribution in [0.4, 0.5) is 34.9 Å². The van der Waals surface area contributed by atoms with Crippen molar-refractivity contribution < 1.29 is 56.2 Å². The van der Waals surface area contributed by atoms with Crippen LogP contribution >= 0.6 is 11.3 Å². The number of nitrogens with one attached hydrogen (secondary N) is 5. The Labute approximate surface area is 492 Å². The van der Waals surface area contributed by atoms with E-state index in [4.69, 9.17) is 4.74 Å². The van der Waals surface area contributed by atoms with Crippen molar-refractivity contribution in [2.45, 2.75) is 104 Å².